The van der Waals surface area contributed by atoms with Crippen molar-refractivity contribution in [2.45, 2.75) is 32.6 Å². The molecule has 0 bridgehead atoms. The topological polar surface area (TPSA) is 63.8 Å². The van der Waals surface area contributed by atoms with Crippen molar-refractivity contribution in [3.63, 3.8) is 0 Å². The van der Waals surface area contributed by atoms with Gasteiger partial charge in [0.2, 0.25) is 0 Å². The van der Waals surface area contributed by atoms with Crippen LogP contribution in [0.15, 0.2) is 48.7 Å². The van der Waals surface area contributed by atoms with Crippen LogP contribution in [-0.2, 0) is 0 Å². The molecule has 136 valence electrons. The number of ketones is 1. The third kappa shape index (κ3) is 3.63. The van der Waals surface area contributed by atoms with Gasteiger partial charge in [-0.25, -0.2) is 4.98 Å². The Balaban J connectivity index is 1.92. The minimum absolute atomic E-state index is 0.0365. The average molecular weight is 352 g/mol. The van der Waals surface area contributed by atoms with Gasteiger partial charge in [0.05, 0.1) is 18.9 Å². The van der Waals surface area contributed by atoms with Gasteiger partial charge in [0, 0.05) is 18.5 Å². The van der Waals surface area contributed by atoms with Gasteiger partial charge >= 0.3 is 0 Å². The van der Waals surface area contributed by atoms with E-state index in [0.717, 1.165) is 12.0 Å². The van der Waals surface area contributed by atoms with Crippen molar-refractivity contribution in [1.82, 2.24) is 9.38 Å². The molecule has 0 amide bonds. The highest BCUT2D eigenvalue weighted by Gasteiger charge is 2.22. The summed E-state index contributed by atoms with van der Waals surface area (Å²) in [6.07, 6.45) is 2.97. The number of carbonyl (C=O) groups is 1. The van der Waals surface area contributed by atoms with Crippen molar-refractivity contribution in [3.8, 4) is 5.75 Å². The molecule has 3 rings (SSSR count). The predicted octanol–water partition coefficient (Wildman–Crippen LogP) is 3.78. The zero-order chi connectivity index (χ0) is 18.5. The number of pyridine rings is 1. The number of nitrogens with zero attached hydrogens (tertiary/aromatic N) is 2. The van der Waals surface area contributed by atoms with Crippen molar-refractivity contribution in [3.05, 3.63) is 65.6 Å². The maximum absolute atomic E-state index is 13.0. The van der Waals surface area contributed by atoms with E-state index in [1.54, 1.807) is 4.40 Å². The van der Waals surface area contributed by atoms with Gasteiger partial charge in [-0.2, -0.15) is 0 Å². The molecule has 0 radical (unpaired) electrons. The molecule has 0 aliphatic rings. The van der Waals surface area contributed by atoms with Crippen LogP contribution >= 0.6 is 0 Å². The minimum Gasteiger partial charge on any atom is -0.490 e. The largest absolute Gasteiger partial charge is 0.490 e. The fourth-order valence-electron chi connectivity index (χ4n) is 3.15. The molecule has 0 saturated carbocycles. The van der Waals surface area contributed by atoms with Gasteiger partial charge in [0.15, 0.2) is 17.2 Å². The molecular formula is C21H24N2O3. The van der Waals surface area contributed by atoms with Gasteiger partial charge in [-0.15, -0.1) is 0 Å². The molecule has 26 heavy (non-hydrogen) atoms. The summed E-state index contributed by atoms with van der Waals surface area (Å²) in [6.45, 7) is 4.41. The first-order valence-electron chi connectivity index (χ1n) is 8.95. The van der Waals surface area contributed by atoms with Gasteiger partial charge in [-0.1, -0.05) is 37.3 Å². The molecule has 2 heterocycles. The van der Waals surface area contributed by atoms with Crippen LogP contribution in [0.2, 0.25) is 0 Å². The number of rotatable bonds is 8. The zero-order valence-corrected chi connectivity index (χ0v) is 15.2. The minimum atomic E-state index is -0.229. The van der Waals surface area contributed by atoms with E-state index < -0.39 is 0 Å². The Bertz CT molecular complexity index is 887. The lowest BCUT2D eigenvalue weighted by Crippen LogP contribution is -2.13. The third-order valence-corrected chi connectivity index (χ3v) is 4.44. The van der Waals surface area contributed by atoms with E-state index in [2.05, 4.69) is 4.98 Å². The monoisotopic (exact) mass is 352 g/mol. The number of fused-ring (bicyclic) bond motifs is 1. The summed E-state index contributed by atoms with van der Waals surface area (Å²) in [6, 6.07) is 13.4. The number of aliphatic hydroxyl groups excluding tert-OH is 1. The van der Waals surface area contributed by atoms with Crippen LogP contribution in [0.1, 0.15) is 47.4 Å². The first-order chi connectivity index (χ1) is 12.7. The Morgan fingerprint density at radius 2 is 2.00 bits per heavy atom. The van der Waals surface area contributed by atoms with Crippen LogP contribution in [0, 0.1) is 6.92 Å². The Morgan fingerprint density at radius 3 is 2.69 bits per heavy atom. The molecule has 1 aromatic carbocycles. The summed E-state index contributed by atoms with van der Waals surface area (Å²) in [5.74, 6) is 0.414. The van der Waals surface area contributed by atoms with Crippen LogP contribution in [0.5, 0.6) is 5.75 Å². The first kappa shape index (κ1) is 18.1. The Morgan fingerprint density at radius 1 is 1.23 bits per heavy atom. The van der Waals surface area contributed by atoms with Crippen LogP contribution in [0.4, 0.5) is 0 Å². The Labute approximate surface area is 153 Å². The molecule has 3 aromatic rings. The third-order valence-electron chi connectivity index (χ3n) is 4.44. The summed E-state index contributed by atoms with van der Waals surface area (Å²) in [5.41, 5.74) is 2.84. The molecular weight excluding hydrogens is 328 g/mol. The lowest BCUT2D eigenvalue weighted by Gasteiger charge is -2.14. The number of ether oxygens (including phenoxy) is 1. The van der Waals surface area contributed by atoms with Crippen LogP contribution in [0.25, 0.3) is 5.65 Å². The van der Waals surface area contributed by atoms with Crippen molar-refractivity contribution in [2.75, 3.05) is 13.2 Å². The first-order valence-corrected chi connectivity index (χ1v) is 8.95. The van der Waals surface area contributed by atoms with Crippen LogP contribution in [-0.4, -0.2) is 33.5 Å². The standard InChI is InChI=1S/C21H24N2O3/c1-3-12-26-19-10-7-11-23-20(15(2)22-21(19)23)18(25)13-17(14-24)16-8-5-4-6-9-16/h4-11,17,24H,3,12-14H2,1-2H3/t17-/m0/s1. The second-order valence-corrected chi connectivity index (χ2v) is 6.38. The van der Waals surface area contributed by atoms with E-state index in [0.29, 0.717) is 29.4 Å². The zero-order valence-electron chi connectivity index (χ0n) is 15.2. The number of hydrogen-bond donors (Lipinski definition) is 1. The fourth-order valence-corrected chi connectivity index (χ4v) is 3.15. The summed E-state index contributed by atoms with van der Waals surface area (Å²) < 4.78 is 7.55. The number of imidazole rings is 1. The number of hydrogen-bond acceptors (Lipinski definition) is 4. The van der Waals surface area contributed by atoms with Gasteiger partial charge in [0.1, 0.15) is 5.69 Å². The molecule has 0 fully saturated rings. The van der Waals surface area contributed by atoms with E-state index in [-0.39, 0.29) is 24.7 Å². The fraction of sp³-hybridized carbons (Fsp3) is 0.333. The smallest absolute Gasteiger partial charge is 0.182 e. The van der Waals surface area contributed by atoms with Gasteiger partial charge in [0.25, 0.3) is 0 Å². The number of aliphatic hydroxyl groups is 1. The number of aryl methyl sites for hydroxylation is 1. The highest BCUT2D eigenvalue weighted by molar-refractivity contribution is 5.97. The molecule has 1 atom stereocenters. The number of Topliss-reactive ketones (excluding diaryl/α,β-unsaturated/α-hetero) is 1. The van der Waals surface area contributed by atoms with E-state index in [1.807, 2.05) is 62.5 Å². The highest BCUT2D eigenvalue weighted by Crippen LogP contribution is 2.26. The molecule has 0 aliphatic heterocycles. The van der Waals surface area contributed by atoms with Gasteiger partial charge < -0.3 is 9.84 Å². The Kier molecular flexibility index (Phi) is 5.68. The van der Waals surface area contributed by atoms with E-state index >= 15 is 0 Å². The Hall–Kier alpha value is -2.66. The van der Waals surface area contributed by atoms with Crippen LogP contribution < -0.4 is 4.74 Å². The van der Waals surface area contributed by atoms with Crippen LogP contribution in [0.3, 0.4) is 0 Å². The highest BCUT2D eigenvalue weighted by atomic mass is 16.5. The quantitative estimate of drug-likeness (QED) is 0.627. The summed E-state index contributed by atoms with van der Waals surface area (Å²) in [4.78, 5) is 17.5. The predicted molar refractivity (Wildman–Crippen MR) is 101 cm³/mol. The molecule has 1 N–H and O–H groups in total. The molecule has 5 heteroatoms. The second-order valence-electron chi connectivity index (χ2n) is 6.38. The van der Waals surface area contributed by atoms with Crippen molar-refractivity contribution in [2.24, 2.45) is 0 Å². The van der Waals surface area contributed by atoms with Gasteiger partial charge in [-0.3, -0.25) is 9.20 Å². The van der Waals surface area contributed by atoms with Crippen molar-refractivity contribution < 1.29 is 14.6 Å². The number of benzene rings is 1. The summed E-state index contributed by atoms with van der Waals surface area (Å²) in [7, 11) is 0. The average Bonchev–Trinajstić information content (AvgIpc) is 3.01. The van der Waals surface area contributed by atoms with Crippen molar-refractivity contribution >= 4 is 11.4 Å². The molecule has 0 saturated heterocycles. The van der Waals surface area contributed by atoms with E-state index in [4.69, 9.17) is 4.74 Å². The maximum Gasteiger partial charge on any atom is 0.182 e. The number of aromatic nitrogens is 2. The second kappa shape index (κ2) is 8.15. The summed E-state index contributed by atoms with van der Waals surface area (Å²) >= 11 is 0. The molecule has 0 spiro atoms. The molecule has 5 nitrogen and oxygen atoms in total. The van der Waals surface area contributed by atoms with Crippen molar-refractivity contribution in [1.29, 1.82) is 0 Å². The van der Waals surface area contributed by atoms with Gasteiger partial charge in [-0.05, 0) is 31.0 Å². The summed E-state index contributed by atoms with van der Waals surface area (Å²) in [5, 5.41) is 9.76. The molecule has 2 aromatic heterocycles. The lowest BCUT2D eigenvalue weighted by molar-refractivity contribution is 0.0953. The SMILES string of the molecule is CCCOc1cccn2c(C(=O)C[C@@H](CO)c3ccccc3)c(C)nc12. The molecule has 0 aliphatic carbocycles. The maximum atomic E-state index is 13.0. The normalized spacial score (nSPS) is 12.3. The molecule has 0 unspecified atom stereocenters. The lowest BCUT2D eigenvalue weighted by atomic mass is 9.93. The van der Waals surface area contributed by atoms with E-state index in [1.165, 1.54) is 0 Å². The number of carbonyl (C=O) groups excluding carboxylic acids is 1. The van der Waals surface area contributed by atoms with E-state index in [9.17, 15) is 9.90 Å².